The highest BCUT2D eigenvalue weighted by molar-refractivity contribution is 9.09. The molecule has 16 heavy (non-hydrogen) atoms. The average Bonchev–Trinajstić information content (AvgIpc) is 2.32. The van der Waals surface area contributed by atoms with Crippen molar-refractivity contribution in [2.45, 2.75) is 64.5 Å². The van der Waals surface area contributed by atoms with Crippen molar-refractivity contribution in [2.24, 2.45) is 11.3 Å². The largest absolute Gasteiger partial charge is 0.158 e. The van der Waals surface area contributed by atoms with E-state index in [1.807, 2.05) is 0 Å². The van der Waals surface area contributed by atoms with Crippen LogP contribution in [0.5, 0.6) is 0 Å². The lowest BCUT2D eigenvalue weighted by atomic mass is 9.87. The molecule has 1 rings (SSSR count). The second-order valence-corrected chi connectivity index (χ2v) is 7.39. The molecule has 96 valence electrons. The molecule has 0 aromatic rings. The van der Waals surface area contributed by atoms with Gasteiger partial charge >= 0.3 is 0 Å². The Kier molecular flexibility index (Phi) is 6.80. The summed E-state index contributed by atoms with van der Waals surface area (Å²) in [4.78, 5) is 0. The first kappa shape index (κ1) is 14.9. The molecule has 1 aliphatic carbocycles. The lowest BCUT2D eigenvalue weighted by Gasteiger charge is -2.33. The van der Waals surface area contributed by atoms with Crippen LogP contribution in [0.25, 0.3) is 0 Å². The van der Waals surface area contributed by atoms with Gasteiger partial charge < -0.3 is 0 Å². The Labute approximate surface area is 114 Å². The van der Waals surface area contributed by atoms with Gasteiger partial charge in [-0.15, -0.1) is 0 Å². The number of alkyl halides is 1. The first-order valence-corrected chi connectivity index (χ1v) is 9.00. The predicted molar refractivity (Wildman–Crippen MR) is 80.7 cm³/mol. The highest BCUT2D eigenvalue weighted by atomic mass is 79.9. The van der Waals surface area contributed by atoms with Gasteiger partial charge in [-0.3, -0.25) is 0 Å². The highest BCUT2D eigenvalue weighted by Crippen LogP contribution is 2.38. The second kappa shape index (κ2) is 7.31. The first-order valence-electron chi connectivity index (χ1n) is 6.83. The summed E-state index contributed by atoms with van der Waals surface area (Å²) in [6.45, 7) is 7.10. The molecule has 0 radical (unpaired) electrons. The zero-order valence-electron chi connectivity index (χ0n) is 11.1. The van der Waals surface area contributed by atoms with E-state index in [4.69, 9.17) is 0 Å². The topological polar surface area (TPSA) is 0 Å². The van der Waals surface area contributed by atoms with Gasteiger partial charge in [0.2, 0.25) is 0 Å². The number of rotatable bonds is 6. The molecule has 1 saturated carbocycles. The minimum atomic E-state index is 0.547. The molecule has 0 aromatic heterocycles. The molecule has 0 spiro atoms. The van der Waals surface area contributed by atoms with Crippen molar-refractivity contribution in [3.63, 3.8) is 0 Å². The molecule has 0 saturated heterocycles. The molecule has 0 bridgehead atoms. The Balaban J connectivity index is 2.36. The van der Waals surface area contributed by atoms with Gasteiger partial charge in [0.15, 0.2) is 0 Å². The SMILES string of the molecule is CCC(CC)(CBr)CSC1CCCC(C)C1. The Morgan fingerprint density at radius 2 is 1.94 bits per heavy atom. The van der Waals surface area contributed by atoms with E-state index in [9.17, 15) is 0 Å². The summed E-state index contributed by atoms with van der Waals surface area (Å²) in [6.07, 6.45) is 8.45. The van der Waals surface area contributed by atoms with Gasteiger partial charge in [-0.2, -0.15) is 11.8 Å². The molecule has 0 heterocycles. The van der Waals surface area contributed by atoms with Gasteiger partial charge in [0, 0.05) is 10.6 Å². The van der Waals surface area contributed by atoms with Crippen molar-refractivity contribution < 1.29 is 0 Å². The summed E-state index contributed by atoms with van der Waals surface area (Å²) in [5, 5.41) is 2.11. The van der Waals surface area contributed by atoms with Gasteiger partial charge in [-0.25, -0.2) is 0 Å². The van der Waals surface area contributed by atoms with Crippen molar-refractivity contribution in [3.8, 4) is 0 Å². The fourth-order valence-electron chi connectivity index (χ4n) is 2.51. The van der Waals surface area contributed by atoms with Crippen LogP contribution in [0.1, 0.15) is 59.3 Å². The molecule has 2 atom stereocenters. The Morgan fingerprint density at radius 3 is 2.44 bits per heavy atom. The Morgan fingerprint density at radius 1 is 1.25 bits per heavy atom. The molecule has 0 amide bonds. The van der Waals surface area contributed by atoms with E-state index in [2.05, 4.69) is 48.5 Å². The van der Waals surface area contributed by atoms with Crippen molar-refractivity contribution in [1.82, 2.24) is 0 Å². The molecule has 1 fully saturated rings. The maximum absolute atomic E-state index is 3.72. The number of halogens is 1. The van der Waals surface area contributed by atoms with Crippen LogP contribution in [0.2, 0.25) is 0 Å². The van der Waals surface area contributed by atoms with Gasteiger partial charge in [0.05, 0.1) is 0 Å². The molecule has 1 aliphatic rings. The van der Waals surface area contributed by atoms with Gasteiger partial charge in [0.25, 0.3) is 0 Å². The van der Waals surface area contributed by atoms with E-state index in [0.29, 0.717) is 5.41 Å². The zero-order chi connectivity index (χ0) is 12.0. The smallest absolute Gasteiger partial charge is 0.00956 e. The second-order valence-electron chi connectivity index (χ2n) is 5.55. The van der Waals surface area contributed by atoms with Crippen LogP contribution in [-0.4, -0.2) is 16.3 Å². The van der Waals surface area contributed by atoms with Crippen molar-refractivity contribution in [2.75, 3.05) is 11.1 Å². The normalized spacial score (nSPS) is 27.0. The predicted octanol–water partition coefficient (Wildman–Crippen LogP) is 5.50. The average molecular weight is 307 g/mol. The van der Waals surface area contributed by atoms with Crippen molar-refractivity contribution in [3.05, 3.63) is 0 Å². The quantitative estimate of drug-likeness (QED) is 0.584. The van der Waals surface area contributed by atoms with E-state index in [1.54, 1.807) is 0 Å². The molecular weight excluding hydrogens is 280 g/mol. The maximum atomic E-state index is 3.72. The van der Waals surface area contributed by atoms with Gasteiger partial charge in [-0.05, 0) is 42.8 Å². The van der Waals surface area contributed by atoms with Crippen LogP contribution in [0.15, 0.2) is 0 Å². The Bertz CT molecular complexity index is 181. The summed E-state index contributed by atoms with van der Waals surface area (Å²) < 4.78 is 0. The summed E-state index contributed by atoms with van der Waals surface area (Å²) in [6, 6.07) is 0. The van der Waals surface area contributed by atoms with Crippen LogP contribution >= 0.6 is 27.7 Å². The lowest BCUT2D eigenvalue weighted by molar-refractivity contribution is 0.355. The number of hydrogen-bond donors (Lipinski definition) is 0. The van der Waals surface area contributed by atoms with Crippen molar-refractivity contribution >= 4 is 27.7 Å². The maximum Gasteiger partial charge on any atom is 0.00956 e. The summed E-state index contributed by atoms with van der Waals surface area (Å²) in [7, 11) is 0. The van der Waals surface area contributed by atoms with E-state index >= 15 is 0 Å². The summed E-state index contributed by atoms with van der Waals surface area (Å²) in [5.74, 6) is 2.32. The van der Waals surface area contributed by atoms with E-state index < -0.39 is 0 Å². The third-order valence-corrected chi connectivity index (χ3v) is 7.17. The van der Waals surface area contributed by atoms with Crippen LogP contribution < -0.4 is 0 Å². The third-order valence-electron chi connectivity index (χ3n) is 4.30. The Hall–Kier alpha value is 0.830. The van der Waals surface area contributed by atoms with E-state index in [-0.39, 0.29) is 0 Å². The molecule has 2 heteroatoms. The van der Waals surface area contributed by atoms with Crippen molar-refractivity contribution in [1.29, 1.82) is 0 Å². The molecule has 0 aliphatic heterocycles. The van der Waals surface area contributed by atoms with E-state index in [0.717, 1.165) is 11.2 Å². The fourth-order valence-corrected chi connectivity index (χ4v) is 5.66. The molecule has 2 unspecified atom stereocenters. The first-order chi connectivity index (χ1) is 7.65. The molecule has 0 aromatic carbocycles. The standard InChI is InChI=1S/C14H27BrS/c1-4-14(5-2,10-15)11-16-13-8-6-7-12(3)9-13/h12-13H,4-11H2,1-3H3. The van der Waals surface area contributed by atoms with Crippen LogP contribution in [0, 0.1) is 11.3 Å². The van der Waals surface area contributed by atoms with Crippen LogP contribution in [0.4, 0.5) is 0 Å². The fraction of sp³-hybridized carbons (Fsp3) is 1.00. The number of thioether (sulfide) groups is 1. The number of hydrogen-bond acceptors (Lipinski definition) is 1. The zero-order valence-corrected chi connectivity index (χ0v) is 13.5. The molecule has 0 N–H and O–H groups in total. The van der Waals surface area contributed by atoms with Gasteiger partial charge in [0.1, 0.15) is 0 Å². The van der Waals surface area contributed by atoms with Crippen LogP contribution in [-0.2, 0) is 0 Å². The molecular formula is C14H27BrS. The summed E-state index contributed by atoms with van der Waals surface area (Å²) in [5.41, 5.74) is 0.547. The van der Waals surface area contributed by atoms with Crippen LogP contribution in [0.3, 0.4) is 0 Å². The minimum Gasteiger partial charge on any atom is -0.158 e. The highest BCUT2D eigenvalue weighted by Gasteiger charge is 2.27. The van der Waals surface area contributed by atoms with Gasteiger partial charge in [-0.1, -0.05) is 49.5 Å². The monoisotopic (exact) mass is 306 g/mol. The minimum absolute atomic E-state index is 0.547. The summed E-state index contributed by atoms with van der Waals surface area (Å²) >= 11 is 5.97. The molecule has 0 nitrogen and oxygen atoms in total. The lowest BCUT2D eigenvalue weighted by Crippen LogP contribution is -2.26. The third kappa shape index (κ3) is 4.25. The van der Waals surface area contributed by atoms with E-state index in [1.165, 1.54) is 49.6 Å².